The number of hydrogen-bond acceptors (Lipinski definition) is 3. The molecule has 0 fully saturated rings. The first kappa shape index (κ1) is 12.9. The Hall–Kier alpha value is -2.07. The highest BCUT2D eigenvalue weighted by molar-refractivity contribution is 5.84. The first-order chi connectivity index (χ1) is 9.88. The number of rotatable bonds is 6. The lowest BCUT2D eigenvalue weighted by molar-refractivity contribution is 0.377. The summed E-state index contributed by atoms with van der Waals surface area (Å²) in [4.78, 5) is 0. The standard InChI is InChI=1S/C16H19N3O/c1-2-8-17-10-13-11-19(12-14-7-9-18-20-14)16-6-4-3-5-15(13)16/h3-7,9,11,17H,2,8,10,12H2,1H3. The van der Waals surface area contributed by atoms with E-state index in [9.17, 15) is 0 Å². The van der Waals surface area contributed by atoms with Crippen LogP contribution in [0.1, 0.15) is 24.7 Å². The van der Waals surface area contributed by atoms with Crippen LogP contribution < -0.4 is 5.32 Å². The van der Waals surface area contributed by atoms with Gasteiger partial charge in [0.05, 0.1) is 12.7 Å². The topological polar surface area (TPSA) is 43.0 Å². The van der Waals surface area contributed by atoms with Crippen molar-refractivity contribution in [2.45, 2.75) is 26.4 Å². The zero-order valence-electron chi connectivity index (χ0n) is 11.7. The van der Waals surface area contributed by atoms with E-state index in [2.05, 4.69) is 52.4 Å². The summed E-state index contributed by atoms with van der Waals surface area (Å²) in [5.41, 5.74) is 2.56. The smallest absolute Gasteiger partial charge is 0.156 e. The quantitative estimate of drug-likeness (QED) is 0.699. The van der Waals surface area contributed by atoms with Gasteiger partial charge in [0.15, 0.2) is 5.76 Å². The van der Waals surface area contributed by atoms with Crippen molar-refractivity contribution in [2.75, 3.05) is 6.54 Å². The molecular weight excluding hydrogens is 250 g/mol. The molecule has 0 unspecified atom stereocenters. The third-order valence-corrected chi connectivity index (χ3v) is 3.43. The normalized spacial score (nSPS) is 11.2. The summed E-state index contributed by atoms with van der Waals surface area (Å²) in [7, 11) is 0. The van der Waals surface area contributed by atoms with Crippen molar-refractivity contribution in [3.8, 4) is 0 Å². The van der Waals surface area contributed by atoms with Gasteiger partial charge in [-0.1, -0.05) is 30.3 Å². The number of hydrogen-bond donors (Lipinski definition) is 1. The minimum atomic E-state index is 0.717. The Morgan fingerprint density at radius 1 is 1.25 bits per heavy atom. The largest absolute Gasteiger partial charge is 0.359 e. The van der Waals surface area contributed by atoms with Crippen LogP contribution in [0.15, 0.2) is 47.2 Å². The van der Waals surface area contributed by atoms with E-state index in [0.717, 1.165) is 25.3 Å². The summed E-state index contributed by atoms with van der Waals surface area (Å²) < 4.78 is 7.43. The van der Waals surface area contributed by atoms with Gasteiger partial charge in [-0.2, -0.15) is 0 Å². The molecule has 1 N–H and O–H groups in total. The molecule has 3 aromatic rings. The van der Waals surface area contributed by atoms with Crippen molar-refractivity contribution in [3.63, 3.8) is 0 Å². The highest BCUT2D eigenvalue weighted by Gasteiger charge is 2.09. The van der Waals surface area contributed by atoms with Crippen molar-refractivity contribution in [2.24, 2.45) is 0 Å². The van der Waals surface area contributed by atoms with Gasteiger partial charge in [0, 0.05) is 29.7 Å². The Labute approximate surface area is 118 Å². The van der Waals surface area contributed by atoms with Crippen LogP contribution in [0.4, 0.5) is 0 Å². The van der Waals surface area contributed by atoms with E-state index in [1.807, 2.05) is 6.07 Å². The minimum Gasteiger partial charge on any atom is -0.359 e. The first-order valence-corrected chi connectivity index (χ1v) is 7.05. The fourth-order valence-electron chi connectivity index (χ4n) is 2.49. The Morgan fingerprint density at radius 2 is 2.15 bits per heavy atom. The molecule has 1 aromatic carbocycles. The number of nitrogens with zero attached hydrogens (tertiary/aromatic N) is 2. The van der Waals surface area contributed by atoms with Gasteiger partial charge in [-0.15, -0.1) is 0 Å². The minimum absolute atomic E-state index is 0.717. The molecule has 0 saturated heterocycles. The van der Waals surface area contributed by atoms with Crippen LogP contribution in [0, 0.1) is 0 Å². The predicted octanol–water partition coefficient (Wildman–Crippen LogP) is 3.18. The van der Waals surface area contributed by atoms with E-state index in [0.29, 0.717) is 6.54 Å². The molecule has 0 radical (unpaired) electrons. The van der Waals surface area contributed by atoms with E-state index in [-0.39, 0.29) is 0 Å². The van der Waals surface area contributed by atoms with Gasteiger partial charge in [0.1, 0.15) is 0 Å². The van der Waals surface area contributed by atoms with Crippen LogP contribution in [-0.4, -0.2) is 16.3 Å². The number of aromatic nitrogens is 2. The highest BCUT2D eigenvalue weighted by atomic mass is 16.5. The van der Waals surface area contributed by atoms with Crippen LogP contribution in [0.25, 0.3) is 10.9 Å². The summed E-state index contributed by atoms with van der Waals surface area (Å²) in [6.07, 6.45) is 5.04. The number of fused-ring (bicyclic) bond motifs is 1. The third kappa shape index (κ3) is 2.60. The van der Waals surface area contributed by atoms with Crippen molar-refractivity contribution in [1.29, 1.82) is 0 Å². The Kier molecular flexibility index (Phi) is 3.83. The lowest BCUT2D eigenvalue weighted by Gasteiger charge is -2.01. The van der Waals surface area contributed by atoms with Gasteiger partial charge >= 0.3 is 0 Å². The third-order valence-electron chi connectivity index (χ3n) is 3.43. The highest BCUT2D eigenvalue weighted by Crippen LogP contribution is 2.22. The van der Waals surface area contributed by atoms with E-state index < -0.39 is 0 Å². The lowest BCUT2D eigenvalue weighted by Crippen LogP contribution is -2.13. The van der Waals surface area contributed by atoms with Crippen molar-refractivity contribution < 1.29 is 4.52 Å². The summed E-state index contributed by atoms with van der Waals surface area (Å²) in [6, 6.07) is 10.4. The number of nitrogens with one attached hydrogen (secondary N) is 1. The maximum atomic E-state index is 5.21. The molecule has 0 spiro atoms. The van der Waals surface area contributed by atoms with E-state index >= 15 is 0 Å². The van der Waals surface area contributed by atoms with Crippen molar-refractivity contribution in [3.05, 3.63) is 54.0 Å². The number of para-hydroxylation sites is 1. The summed E-state index contributed by atoms with van der Waals surface area (Å²) >= 11 is 0. The van der Waals surface area contributed by atoms with E-state index in [1.165, 1.54) is 16.5 Å². The van der Waals surface area contributed by atoms with Crippen LogP contribution in [-0.2, 0) is 13.1 Å². The Morgan fingerprint density at radius 3 is 2.95 bits per heavy atom. The summed E-state index contributed by atoms with van der Waals surface area (Å²) in [5.74, 6) is 0.874. The molecule has 0 saturated carbocycles. The van der Waals surface area contributed by atoms with Gasteiger partial charge in [-0.3, -0.25) is 0 Å². The second-order valence-electron chi connectivity index (χ2n) is 4.95. The average Bonchev–Trinajstić information content (AvgIpc) is 3.09. The summed E-state index contributed by atoms with van der Waals surface area (Å²) in [5, 5.41) is 8.53. The molecular formula is C16H19N3O. The van der Waals surface area contributed by atoms with Crippen LogP contribution in [0.5, 0.6) is 0 Å². The van der Waals surface area contributed by atoms with Gasteiger partial charge < -0.3 is 14.4 Å². The van der Waals surface area contributed by atoms with Gasteiger partial charge in [-0.05, 0) is 24.6 Å². The van der Waals surface area contributed by atoms with Gasteiger partial charge in [0.2, 0.25) is 0 Å². The molecule has 20 heavy (non-hydrogen) atoms. The molecule has 4 heteroatoms. The molecule has 4 nitrogen and oxygen atoms in total. The molecule has 0 amide bonds. The van der Waals surface area contributed by atoms with Crippen LogP contribution in [0.3, 0.4) is 0 Å². The molecule has 104 valence electrons. The zero-order valence-corrected chi connectivity index (χ0v) is 11.7. The fourth-order valence-corrected chi connectivity index (χ4v) is 2.49. The van der Waals surface area contributed by atoms with Gasteiger partial charge in [0.25, 0.3) is 0 Å². The predicted molar refractivity (Wildman–Crippen MR) is 79.5 cm³/mol. The van der Waals surface area contributed by atoms with Crippen molar-refractivity contribution in [1.82, 2.24) is 15.0 Å². The second-order valence-corrected chi connectivity index (χ2v) is 4.95. The molecule has 0 aliphatic carbocycles. The lowest BCUT2D eigenvalue weighted by atomic mass is 10.2. The first-order valence-electron chi connectivity index (χ1n) is 7.05. The average molecular weight is 269 g/mol. The molecule has 3 rings (SSSR count). The monoisotopic (exact) mass is 269 g/mol. The van der Waals surface area contributed by atoms with Crippen LogP contribution in [0.2, 0.25) is 0 Å². The molecule has 0 atom stereocenters. The molecule has 2 heterocycles. The molecule has 0 aliphatic rings. The SMILES string of the molecule is CCCNCc1cn(Cc2ccno2)c2ccccc12. The summed E-state index contributed by atoms with van der Waals surface area (Å²) in [6.45, 7) is 4.84. The number of benzene rings is 1. The molecule has 2 aromatic heterocycles. The fraction of sp³-hybridized carbons (Fsp3) is 0.312. The van der Waals surface area contributed by atoms with Crippen LogP contribution >= 0.6 is 0 Å². The zero-order chi connectivity index (χ0) is 13.8. The van der Waals surface area contributed by atoms with Crippen molar-refractivity contribution >= 4 is 10.9 Å². The second kappa shape index (κ2) is 5.92. The Balaban J connectivity index is 1.91. The van der Waals surface area contributed by atoms with E-state index in [1.54, 1.807) is 6.20 Å². The van der Waals surface area contributed by atoms with Gasteiger partial charge in [-0.25, -0.2) is 0 Å². The Bertz CT molecular complexity index is 670. The molecule has 0 aliphatic heterocycles. The van der Waals surface area contributed by atoms with E-state index in [4.69, 9.17) is 4.52 Å². The molecule has 0 bridgehead atoms. The maximum Gasteiger partial charge on any atom is 0.156 e. The maximum absolute atomic E-state index is 5.21.